The lowest BCUT2D eigenvalue weighted by Gasteiger charge is -2.39. The largest absolute Gasteiger partial charge is 0.417 e. The minimum atomic E-state index is -4.60. The highest BCUT2D eigenvalue weighted by Crippen LogP contribution is 2.35. The average Bonchev–Trinajstić information content (AvgIpc) is 2.98. The Hall–Kier alpha value is -3.07. The number of aromatic nitrogens is 1. The van der Waals surface area contributed by atoms with E-state index < -0.39 is 11.7 Å². The van der Waals surface area contributed by atoms with E-state index in [2.05, 4.69) is 32.3 Å². The van der Waals surface area contributed by atoms with Crippen molar-refractivity contribution in [3.63, 3.8) is 0 Å². The predicted octanol–water partition coefficient (Wildman–Crippen LogP) is 4.76. The normalized spacial score (nSPS) is 21.0. The summed E-state index contributed by atoms with van der Waals surface area (Å²) in [7, 11) is 0. The third-order valence-corrected chi connectivity index (χ3v) is 8.77. The second-order valence-electron chi connectivity index (χ2n) is 11.5. The molecule has 0 radical (unpaired) electrons. The van der Waals surface area contributed by atoms with Gasteiger partial charge >= 0.3 is 6.18 Å². The van der Waals surface area contributed by atoms with Crippen LogP contribution >= 0.6 is 12.4 Å². The molecule has 0 spiro atoms. The number of hydrogen-bond acceptors (Lipinski definition) is 7. The van der Waals surface area contributed by atoms with Crippen molar-refractivity contribution in [2.24, 2.45) is 11.8 Å². The van der Waals surface area contributed by atoms with E-state index in [1.54, 1.807) is 6.07 Å². The van der Waals surface area contributed by atoms with Crippen LogP contribution in [0.15, 0.2) is 36.5 Å². The summed E-state index contributed by atoms with van der Waals surface area (Å²) in [6.45, 7) is 9.64. The molecule has 0 bridgehead atoms. The summed E-state index contributed by atoms with van der Waals surface area (Å²) >= 11 is 0. The topological polar surface area (TPSA) is 87.5 Å². The van der Waals surface area contributed by atoms with E-state index in [-0.39, 0.29) is 29.8 Å². The Balaban J connectivity index is 0.00000405. The molecule has 0 aliphatic carbocycles. The first kappa shape index (κ1) is 31.9. The number of anilines is 3. The molecule has 4 heterocycles. The van der Waals surface area contributed by atoms with Crippen molar-refractivity contribution in [2.75, 3.05) is 67.5 Å². The van der Waals surface area contributed by atoms with Crippen LogP contribution in [0.3, 0.4) is 0 Å². The molecule has 42 heavy (non-hydrogen) atoms. The van der Waals surface area contributed by atoms with Crippen molar-refractivity contribution in [1.82, 2.24) is 15.2 Å². The van der Waals surface area contributed by atoms with E-state index in [0.717, 1.165) is 57.3 Å². The van der Waals surface area contributed by atoms with Crippen molar-refractivity contribution in [1.29, 1.82) is 5.26 Å². The van der Waals surface area contributed by atoms with E-state index in [1.807, 2.05) is 23.2 Å². The van der Waals surface area contributed by atoms with Crippen molar-refractivity contribution >= 4 is 35.5 Å². The molecule has 228 valence electrons. The van der Waals surface area contributed by atoms with Crippen LogP contribution in [0.2, 0.25) is 0 Å². The Kier molecular flexibility index (Phi) is 10.6. The van der Waals surface area contributed by atoms with Crippen molar-refractivity contribution < 1.29 is 18.0 Å². The maximum absolute atomic E-state index is 13.4. The molecule has 1 aromatic heterocycles. The minimum absolute atomic E-state index is 0. The molecule has 1 unspecified atom stereocenters. The van der Waals surface area contributed by atoms with Gasteiger partial charge in [0.2, 0.25) is 5.91 Å². The molecule has 0 saturated carbocycles. The van der Waals surface area contributed by atoms with Gasteiger partial charge in [-0.15, -0.1) is 12.4 Å². The Bertz CT molecular complexity index is 1240. The molecule has 8 nitrogen and oxygen atoms in total. The Morgan fingerprint density at radius 3 is 2.33 bits per heavy atom. The summed E-state index contributed by atoms with van der Waals surface area (Å²) in [5.74, 6) is 0.855. The van der Waals surface area contributed by atoms with E-state index in [1.165, 1.54) is 18.7 Å². The van der Waals surface area contributed by atoms with Crippen molar-refractivity contribution in [3.8, 4) is 6.07 Å². The van der Waals surface area contributed by atoms with Crippen LogP contribution in [0.1, 0.15) is 43.7 Å². The molecular weight excluding hydrogens is 567 g/mol. The molecule has 1 amide bonds. The summed E-state index contributed by atoms with van der Waals surface area (Å²) in [6, 6.07) is 9.83. The van der Waals surface area contributed by atoms with Gasteiger partial charge in [0.05, 0.1) is 29.1 Å². The van der Waals surface area contributed by atoms with Crippen LogP contribution in [0.4, 0.5) is 30.4 Å². The summed E-state index contributed by atoms with van der Waals surface area (Å²) in [5.41, 5.74) is 0.154. The fourth-order valence-electron chi connectivity index (χ4n) is 6.20. The number of pyridine rings is 1. The van der Waals surface area contributed by atoms with Crippen molar-refractivity contribution in [3.05, 3.63) is 47.7 Å². The molecule has 1 atom stereocenters. The fourth-order valence-corrected chi connectivity index (χ4v) is 6.20. The number of nitrogens with one attached hydrogen (secondary N) is 2. The Morgan fingerprint density at radius 2 is 1.71 bits per heavy atom. The summed E-state index contributed by atoms with van der Waals surface area (Å²) in [4.78, 5) is 24.2. The maximum atomic E-state index is 13.4. The van der Waals surface area contributed by atoms with Crippen LogP contribution in [0.5, 0.6) is 0 Å². The number of piperazine rings is 1. The molecule has 3 aliphatic rings. The predicted molar refractivity (Wildman–Crippen MR) is 160 cm³/mol. The highest BCUT2D eigenvalue weighted by molar-refractivity contribution is 5.92. The molecule has 2 aromatic rings. The Morgan fingerprint density at radius 1 is 1.05 bits per heavy atom. The number of alkyl halides is 3. The lowest BCUT2D eigenvalue weighted by Crippen LogP contribution is -2.52. The second-order valence-corrected chi connectivity index (χ2v) is 11.5. The monoisotopic (exact) mass is 605 g/mol. The van der Waals surface area contributed by atoms with Gasteiger partial charge in [0.1, 0.15) is 5.82 Å². The van der Waals surface area contributed by atoms with Gasteiger partial charge in [-0.25, -0.2) is 4.98 Å². The first-order valence-corrected chi connectivity index (χ1v) is 14.5. The van der Waals surface area contributed by atoms with Crippen molar-refractivity contribution in [2.45, 2.75) is 44.8 Å². The third-order valence-electron chi connectivity index (χ3n) is 8.77. The number of hydrogen-bond donors (Lipinski definition) is 2. The lowest BCUT2D eigenvalue weighted by molar-refractivity contribution is -0.137. The van der Waals surface area contributed by atoms with E-state index in [9.17, 15) is 18.0 Å². The Labute approximate surface area is 251 Å². The summed E-state index contributed by atoms with van der Waals surface area (Å²) in [5, 5.41) is 15.4. The summed E-state index contributed by atoms with van der Waals surface area (Å²) < 4.78 is 40.1. The number of rotatable bonds is 6. The number of benzene rings is 1. The van der Waals surface area contributed by atoms with Gasteiger partial charge in [-0.1, -0.05) is 0 Å². The zero-order valence-electron chi connectivity index (χ0n) is 23.9. The molecule has 1 aromatic carbocycles. The number of amides is 1. The number of carbonyl (C=O) groups is 1. The van der Waals surface area contributed by atoms with Crippen LogP contribution < -0.4 is 20.4 Å². The SMILES string of the molecule is CC1CNCCN1CC1CCN(c2ccc(NC(=O)C3CCN(c4ccc(C#N)c(C(F)(F)F)c4)CC3)nc2)CC1.Cl. The second kappa shape index (κ2) is 13.9. The van der Waals surface area contributed by atoms with Crippen LogP contribution in [0.25, 0.3) is 0 Å². The summed E-state index contributed by atoms with van der Waals surface area (Å²) in [6.07, 6.45) is 0.587. The molecule has 5 rings (SSSR count). The van der Waals surface area contributed by atoms with E-state index >= 15 is 0 Å². The number of carbonyl (C=O) groups excluding carboxylic acids is 1. The minimum Gasteiger partial charge on any atom is -0.371 e. The highest BCUT2D eigenvalue weighted by atomic mass is 35.5. The molecule has 3 saturated heterocycles. The van der Waals surface area contributed by atoms with Gasteiger partial charge in [0.15, 0.2) is 0 Å². The van der Waals surface area contributed by atoms with Gasteiger partial charge in [0.25, 0.3) is 0 Å². The quantitative estimate of drug-likeness (QED) is 0.491. The fraction of sp³-hybridized carbons (Fsp3) is 0.567. The zero-order valence-corrected chi connectivity index (χ0v) is 24.7. The molecule has 2 N–H and O–H groups in total. The first-order valence-electron chi connectivity index (χ1n) is 14.5. The van der Waals surface area contributed by atoms with Crippen LogP contribution in [-0.2, 0) is 11.0 Å². The molecule has 3 fully saturated rings. The van der Waals surface area contributed by atoms with Gasteiger partial charge in [-0.3, -0.25) is 9.69 Å². The van der Waals surface area contributed by atoms with Gasteiger partial charge in [-0.2, -0.15) is 18.4 Å². The maximum Gasteiger partial charge on any atom is 0.417 e. The third kappa shape index (κ3) is 7.65. The van der Waals surface area contributed by atoms with E-state index in [0.29, 0.717) is 49.4 Å². The van der Waals surface area contributed by atoms with Gasteiger partial charge < -0.3 is 20.4 Å². The van der Waals surface area contributed by atoms with Crippen LogP contribution in [0, 0.1) is 23.2 Å². The first-order chi connectivity index (χ1) is 19.7. The van der Waals surface area contributed by atoms with Gasteiger partial charge in [-0.05, 0) is 68.9 Å². The van der Waals surface area contributed by atoms with Gasteiger partial charge in [0, 0.05) is 70.0 Å². The zero-order chi connectivity index (χ0) is 29.0. The smallest absolute Gasteiger partial charge is 0.371 e. The number of nitrogens with zero attached hydrogens (tertiary/aromatic N) is 5. The molecule has 12 heteroatoms. The van der Waals surface area contributed by atoms with E-state index in [4.69, 9.17) is 5.26 Å². The number of piperidine rings is 2. The standard InChI is InChI=1S/C30H38F3N7O.ClH/c1-21-18-35-10-15-40(21)20-22-6-11-39(12-7-22)26-4-5-28(36-19-26)37-29(41)23-8-13-38(14-9-23)25-3-2-24(17-34)27(16-25)30(31,32)33;/h2-5,16,19,21-23,35H,6-15,18,20H2,1H3,(H,36,37,41);1H. The molecule has 3 aliphatic heterocycles. The highest BCUT2D eigenvalue weighted by Gasteiger charge is 2.35. The van der Waals surface area contributed by atoms with Crippen LogP contribution in [-0.4, -0.2) is 74.2 Å². The number of halogens is 4. The average molecular weight is 606 g/mol. The number of nitriles is 1. The molecular formula is C30H39ClF3N7O. The lowest BCUT2D eigenvalue weighted by atomic mass is 9.95.